The average molecular weight is 455 g/mol. The lowest BCUT2D eigenvalue weighted by molar-refractivity contribution is -0.0441. The fourth-order valence-electron chi connectivity index (χ4n) is 3.83. The van der Waals surface area contributed by atoms with Crippen LogP contribution in [-0.2, 0) is 0 Å². The first-order valence-electron chi connectivity index (χ1n) is 9.89. The molecule has 2 aromatic carbocycles. The summed E-state index contributed by atoms with van der Waals surface area (Å²) in [4.78, 5) is 24.1. The summed E-state index contributed by atoms with van der Waals surface area (Å²) >= 11 is 5.93. The number of hydrogen-bond acceptors (Lipinski definition) is 3. The van der Waals surface area contributed by atoms with E-state index in [-0.39, 0.29) is 22.1 Å². The van der Waals surface area contributed by atoms with Crippen LogP contribution in [0.15, 0.2) is 42.5 Å². The number of carbonyl (C=O) groups is 2. The molecule has 31 heavy (non-hydrogen) atoms. The summed E-state index contributed by atoms with van der Waals surface area (Å²) in [5.41, 5.74) is 0.703. The Labute approximate surface area is 182 Å². The van der Waals surface area contributed by atoms with Gasteiger partial charge < -0.3 is 10.4 Å². The van der Waals surface area contributed by atoms with E-state index < -0.39 is 30.3 Å². The second kappa shape index (κ2) is 10.0. The van der Waals surface area contributed by atoms with Crippen LogP contribution >= 0.6 is 11.6 Å². The molecule has 0 saturated heterocycles. The molecule has 9 heteroatoms. The fourth-order valence-corrected chi connectivity index (χ4v) is 4.03. The fraction of sp³-hybridized carbons (Fsp3) is 0.364. The molecule has 5 nitrogen and oxygen atoms in total. The molecular weight excluding hydrogens is 433 g/mol. The number of hydrogen-bond donors (Lipinski definition) is 2. The van der Waals surface area contributed by atoms with E-state index in [0.717, 1.165) is 17.8 Å². The van der Waals surface area contributed by atoms with Crippen molar-refractivity contribution in [1.29, 1.82) is 0 Å². The van der Waals surface area contributed by atoms with E-state index in [1.165, 1.54) is 18.2 Å². The summed E-state index contributed by atoms with van der Waals surface area (Å²) in [6.45, 7) is -2.41. The topological polar surface area (TPSA) is 69.6 Å². The number of carbonyl (C=O) groups excluding carboxylic acids is 1. The zero-order valence-corrected chi connectivity index (χ0v) is 17.3. The minimum atomic E-state index is -3.01. The Balaban J connectivity index is 1.58. The quantitative estimate of drug-likeness (QED) is 0.541. The molecule has 1 fully saturated rings. The summed E-state index contributed by atoms with van der Waals surface area (Å²) in [5.74, 6) is -2.46. The van der Waals surface area contributed by atoms with Crippen molar-refractivity contribution in [2.24, 2.45) is 5.92 Å². The number of alkyl halides is 2. The number of carboxylic acids is 1. The molecule has 1 amide bonds. The second-order valence-electron chi connectivity index (χ2n) is 7.55. The van der Waals surface area contributed by atoms with Crippen molar-refractivity contribution in [3.8, 4) is 0 Å². The van der Waals surface area contributed by atoms with Crippen LogP contribution in [0.3, 0.4) is 0 Å². The lowest BCUT2D eigenvalue weighted by Crippen LogP contribution is -2.46. The molecule has 0 spiro atoms. The maximum atomic E-state index is 13.7. The molecule has 0 unspecified atom stereocenters. The molecule has 166 valence electrons. The van der Waals surface area contributed by atoms with Crippen LogP contribution in [0, 0.1) is 11.7 Å². The molecule has 0 aromatic heterocycles. The first-order valence-corrected chi connectivity index (χ1v) is 10.3. The number of aromatic carboxylic acids is 1. The third-order valence-corrected chi connectivity index (χ3v) is 5.87. The molecule has 0 bridgehead atoms. The number of anilines is 1. The van der Waals surface area contributed by atoms with Gasteiger partial charge in [0.25, 0.3) is 5.91 Å². The van der Waals surface area contributed by atoms with Crippen molar-refractivity contribution in [1.82, 2.24) is 4.90 Å². The van der Waals surface area contributed by atoms with Crippen LogP contribution in [-0.4, -0.2) is 41.0 Å². The van der Waals surface area contributed by atoms with Gasteiger partial charge in [-0.3, -0.25) is 9.69 Å². The Hall–Kier alpha value is -2.74. The van der Waals surface area contributed by atoms with Crippen molar-refractivity contribution in [2.75, 3.05) is 11.9 Å². The van der Waals surface area contributed by atoms with E-state index in [1.807, 2.05) is 0 Å². The largest absolute Gasteiger partial charge is 0.478 e. The Morgan fingerprint density at radius 1 is 1.10 bits per heavy atom. The van der Waals surface area contributed by atoms with E-state index in [2.05, 4.69) is 5.32 Å². The highest BCUT2D eigenvalue weighted by molar-refractivity contribution is 6.33. The smallest absolute Gasteiger partial charge is 0.335 e. The van der Waals surface area contributed by atoms with Gasteiger partial charge >= 0.3 is 12.5 Å². The van der Waals surface area contributed by atoms with Crippen LogP contribution in [0.4, 0.5) is 18.9 Å². The van der Waals surface area contributed by atoms with E-state index in [0.29, 0.717) is 37.1 Å². The van der Waals surface area contributed by atoms with Gasteiger partial charge in [-0.15, -0.1) is 0 Å². The Bertz CT molecular complexity index is 932. The van der Waals surface area contributed by atoms with Gasteiger partial charge in [0, 0.05) is 18.3 Å². The molecule has 0 heterocycles. The lowest BCUT2D eigenvalue weighted by Gasteiger charge is -2.36. The number of rotatable bonds is 7. The zero-order valence-electron chi connectivity index (χ0n) is 16.5. The maximum Gasteiger partial charge on any atom is 0.335 e. The van der Waals surface area contributed by atoms with Crippen LogP contribution in [0.2, 0.25) is 5.02 Å². The molecule has 0 aliphatic heterocycles. The van der Waals surface area contributed by atoms with Crippen molar-refractivity contribution >= 4 is 29.2 Å². The lowest BCUT2D eigenvalue weighted by atomic mass is 9.85. The minimum absolute atomic E-state index is 0.0659. The van der Waals surface area contributed by atoms with Crippen LogP contribution in [0.25, 0.3) is 0 Å². The predicted molar refractivity (Wildman–Crippen MR) is 111 cm³/mol. The van der Waals surface area contributed by atoms with E-state index in [4.69, 9.17) is 16.7 Å². The highest BCUT2D eigenvalue weighted by Gasteiger charge is 2.35. The molecule has 2 aromatic rings. The van der Waals surface area contributed by atoms with E-state index in [9.17, 15) is 22.8 Å². The van der Waals surface area contributed by atoms with Crippen LogP contribution in [0.5, 0.6) is 0 Å². The van der Waals surface area contributed by atoms with Gasteiger partial charge in [0.15, 0.2) is 0 Å². The number of halogens is 4. The van der Waals surface area contributed by atoms with Gasteiger partial charge in [-0.2, -0.15) is 8.78 Å². The minimum Gasteiger partial charge on any atom is -0.478 e. The first kappa shape index (κ1) is 22.9. The summed E-state index contributed by atoms with van der Waals surface area (Å²) in [7, 11) is 0. The normalized spacial score (nSPS) is 18.6. The Morgan fingerprint density at radius 3 is 2.32 bits per heavy atom. The van der Waals surface area contributed by atoms with Crippen molar-refractivity contribution in [3.05, 3.63) is 64.4 Å². The number of benzene rings is 2. The molecule has 1 saturated carbocycles. The predicted octanol–water partition coefficient (Wildman–Crippen LogP) is 5.51. The molecule has 1 aliphatic carbocycles. The summed E-state index contributed by atoms with van der Waals surface area (Å²) in [6, 6.07) is 8.84. The SMILES string of the molecule is O=C(O)c1ccc(NCC2CCC(N(C(=O)c3cc(F)ccc3Cl)C(F)F)CC2)cc1. The monoisotopic (exact) mass is 454 g/mol. The van der Waals surface area contributed by atoms with Gasteiger partial charge in [-0.05, 0) is 74.1 Å². The number of carboxylic acid groups (broad SMARTS) is 1. The molecule has 2 N–H and O–H groups in total. The molecule has 1 aliphatic rings. The van der Waals surface area contributed by atoms with Crippen molar-refractivity contribution in [3.63, 3.8) is 0 Å². The van der Waals surface area contributed by atoms with Gasteiger partial charge in [-0.25, -0.2) is 9.18 Å². The van der Waals surface area contributed by atoms with Gasteiger partial charge in [0.1, 0.15) is 5.82 Å². The highest BCUT2D eigenvalue weighted by Crippen LogP contribution is 2.32. The maximum absolute atomic E-state index is 13.7. The summed E-state index contributed by atoms with van der Waals surface area (Å²) < 4.78 is 40.9. The van der Waals surface area contributed by atoms with Crippen LogP contribution in [0.1, 0.15) is 46.4 Å². The van der Waals surface area contributed by atoms with E-state index >= 15 is 0 Å². The van der Waals surface area contributed by atoms with Gasteiger partial charge in [0.2, 0.25) is 0 Å². The van der Waals surface area contributed by atoms with Crippen molar-refractivity contribution < 1.29 is 27.9 Å². The molecule has 0 radical (unpaired) electrons. The molecular formula is C22H22ClF3N2O3. The Kier molecular flexibility index (Phi) is 7.43. The number of amides is 1. The Morgan fingerprint density at radius 2 is 1.74 bits per heavy atom. The van der Waals surface area contributed by atoms with Gasteiger partial charge in [-0.1, -0.05) is 11.6 Å². The highest BCUT2D eigenvalue weighted by atomic mass is 35.5. The summed E-state index contributed by atoms with van der Waals surface area (Å²) in [5, 5.41) is 12.1. The van der Waals surface area contributed by atoms with Crippen LogP contribution < -0.4 is 5.32 Å². The zero-order chi connectivity index (χ0) is 22.5. The second-order valence-corrected chi connectivity index (χ2v) is 7.96. The average Bonchev–Trinajstić information content (AvgIpc) is 2.75. The third kappa shape index (κ3) is 5.70. The number of nitrogens with zero attached hydrogens (tertiary/aromatic N) is 1. The van der Waals surface area contributed by atoms with E-state index in [1.54, 1.807) is 12.1 Å². The van der Waals surface area contributed by atoms with Gasteiger partial charge in [0.05, 0.1) is 16.1 Å². The summed E-state index contributed by atoms with van der Waals surface area (Å²) in [6.07, 6.45) is 2.07. The third-order valence-electron chi connectivity index (χ3n) is 5.54. The van der Waals surface area contributed by atoms with Crippen molar-refractivity contribution in [2.45, 2.75) is 38.3 Å². The molecule has 3 rings (SSSR count). The first-order chi connectivity index (χ1) is 14.8. The standard InChI is InChI=1S/C22H22ClF3N2O3/c23-19-10-5-15(24)11-18(19)20(29)28(22(25)26)17-8-1-13(2-9-17)12-27-16-6-3-14(4-7-16)21(30)31/h3-7,10-11,13,17,22,27H,1-2,8-9,12H2,(H,30,31). The molecule has 0 atom stereocenters. The number of nitrogens with one attached hydrogen (secondary N) is 1.